The number of carbonyl (C=O) groups is 1. The number of halogens is 2. The highest BCUT2D eigenvalue weighted by Crippen LogP contribution is 2.23. The molecule has 1 amide bonds. The minimum Gasteiger partial charge on any atom is -0.755 e. The Labute approximate surface area is 164 Å². The van der Waals surface area contributed by atoms with E-state index in [1.165, 1.54) is 30.3 Å². The molecule has 1 N–H and O–H groups in total. The predicted molar refractivity (Wildman–Crippen MR) is 102 cm³/mol. The van der Waals surface area contributed by atoms with Crippen molar-refractivity contribution in [2.24, 2.45) is 0 Å². The number of hydrogen-bond acceptors (Lipinski definition) is 4. The summed E-state index contributed by atoms with van der Waals surface area (Å²) in [6.07, 6.45) is 0. The zero-order valence-electron chi connectivity index (χ0n) is 14.4. The molecule has 6 nitrogen and oxygen atoms in total. The van der Waals surface area contributed by atoms with Gasteiger partial charge in [-0.05, 0) is 35.9 Å². The average molecular weight is 411 g/mol. The molecule has 1 fully saturated rings. The van der Waals surface area contributed by atoms with Crippen LogP contribution in [0.1, 0.15) is 15.9 Å². The Balaban J connectivity index is 1.58. The Kier molecular flexibility index (Phi) is 6.43. The van der Waals surface area contributed by atoms with E-state index in [0.717, 1.165) is 5.56 Å². The quantitative estimate of drug-likeness (QED) is 0.769. The molecule has 0 saturated carbocycles. The second kappa shape index (κ2) is 8.79. The molecule has 0 aliphatic carbocycles. The minimum atomic E-state index is -2.45. The maximum Gasteiger partial charge on any atom is 0.255 e. The zero-order valence-corrected chi connectivity index (χ0v) is 15.9. The molecule has 9 heteroatoms. The third kappa shape index (κ3) is 5.26. The van der Waals surface area contributed by atoms with E-state index in [9.17, 15) is 17.9 Å². The lowest BCUT2D eigenvalue weighted by Crippen LogP contribution is -2.48. The van der Waals surface area contributed by atoms with Gasteiger partial charge in [0.15, 0.2) is 0 Å². The Morgan fingerprint density at radius 2 is 1.81 bits per heavy atom. The van der Waals surface area contributed by atoms with E-state index in [2.05, 4.69) is 9.62 Å². The van der Waals surface area contributed by atoms with E-state index in [1.54, 1.807) is 17.0 Å². The van der Waals surface area contributed by atoms with Crippen LogP contribution >= 0.6 is 11.6 Å². The number of carbonyl (C=O) groups excluding carboxylic acids is 1. The van der Waals surface area contributed by atoms with Crippen LogP contribution in [0.25, 0.3) is 0 Å². The standard InChI is InChI=1S/C18H19ClFN3O3S/c19-17-11-15(21-27(25)26)5-6-16(17)18(24)23-9-7-22(8-10-23)12-13-1-3-14(20)4-2-13/h1-6,11,21H,7-10,12H2,(H,25,26)/p-1. The van der Waals surface area contributed by atoms with Gasteiger partial charge in [-0.1, -0.05) is 23.7 Å². The first-order valence-electron chi connectivity index (χ1n) is 8.34. The summed E-state index contributed by atoms with van der Waals surface area (Å²) in [5, 5.41) is 0.198. The fraction of sp³-hybridized carbons (Fsp3) is 0.278. The molecule has 0 aromatic heterocycles. The molecule has 144 valence electrons. The number of benzene rings is 2. The van der Waals surface area contributed by atoms with Crippen molar-refractivity contribution in [3.8, 4) is 0 Å². The highest BCUT2D eigenvalue weighted by atomic mass is 35.5. The van der Waals surface area contributed by atoms with Gasteiger partial charge in [0.1, 0.15) is 5.82 Å². The van der Waals surface area contributed by atoms with Crippen molar-refractivity contribution in [2.75, 3.05) is 30.9 Å². The van der Waals surface area contributed by atoms with Gasteiger partial charge in [0.2, 0.25) is 0 Å². The van der Waals surface area contributed by atoms with Crippen LogP contribution in [0.3, 0.4) is 0 Å². The van der Waals surface area contributed by atoms with Gasteiger partial charge in [0.25, 0.3) is 5.91 Å². The van der Waals surface area contributed by atoms with Gasteiger partial charge in [-0.2, -0.15) is 0 Å². The van der Waals surface area contributed by atoms with Gasteiger partial charge in [-0.3, -0.25) is 13.9 Å². The van der Waals surface area contributed by atoms with Crippen LogP contribution in [0.4, 0.5) is 10.1 Å². The SMILES string of the molecule is O=C(c1ccc(NS(=O)[O-])cc1Cl)N1CCN(Cc2ccc(F)cc2)CC1. The van der Waals surface area contributed by atoms with Crippen LogP contribution < -0.4 is 4.72 Å². The van der Waals surface area contributed by atoms with Crippen molar-refractivity contribution in [1.29, 1.82) is 0 Å². The highest BCUT2D eigenvalue weighted by molar-refractivity contribution is 7.80. The van der Waals surface area contributed by atoms with Crippen LogP contribution in [-0.2, 0) is 17.8 Å². The van der Waals surface area contributed by atoms with E-state index >= 15 is 0 Å². The van der Waals surface area contributed by atoms with E-state index in [0.29, 0.717) is 44.0 Å². The van der Waals surface area contributed by atoms with Crippen molar-refractivity contribution in [3.05, 3.63) is 64.4 Å². The van der Waals surface area contributed by atoms with Crippen molar-refractivity contribution >= 4 is 34.5 Å². The van der Waals surface area contributed by atoms with E-state index in [4.69, 9.17) is 11.6 Å². The fourth-order valence-corrected chi connectivity index (χ4v) is 3.56. The monoisotopic (exact) mass is 410 g/mol. The number of nitrogens with one attached hydrogen (secondary N) is 1. The number of hydrogen-bond donors (Lipinski definition) is 1. The highest BCUT2D eigenvalue weighted by Gasteiger charge is 2.23. The number of anilines is 1. The van der Waals surface area contributed by atoms with Crippen LogP contribution in [0.15, 0.2) is 42.5 Å². The molecular weight excluding hydrogens is 393 g/mol. The first-order valence-corrected chi connectivity index (χ1v) is 9.79. The Bertz CT molecular complexity index is 842. The molecule has 0 spiro atoms. The van der Waals surface area contributed by atoms with Crippen molar-refractivity contribution in [3.63, 3.8) is 0 Å². The number of nitrogens with zero attached hydrogens (tertiary/aromatic N) is 2. The van der Waals surface area contributed by atoms with Gasteiger partial charge in [0.05, 0.1) is 10.6 Å². The maximum absolute atomic E-state index is 13.0. The predicted octanol–water partition coefficient (Wildman–Crippen LogP) is 2.64. The molecule has 2 aromatic rings. The summed E-state index contributed by atoms with van der Waals surface area (Å²) < 4.78 is 36.5. The Morgan fingerprint density at radius 1 is 1.15 bits per heavy atom. The summed E-state index contributed by atoms with van der Waals surface area (Å²) in [6.45, 7) is 3.22. The molecule has 1 aliphatic heterocycles. The topological polar surface area (TPSA) is 75.7 Å². The van der Waals surface area contributed by atoms with Crippen molar-refractivity contribution < 1.29 is 17.9 Å². The van der Waals surface area contributed by atoms with Crippen LogP contribution in [0.5, 0.6) is 0 Å². The first kappa shape index (κ1) is 19.8. The summed E-state index contributed by atoms with van der Waals surface area (Å²) >= 11 is 3.70. The summed E-state index contributed by atoms with van der Waals surface area (Å²) in [5.74, 6) is -0.440. The summed E-state index contributed by atoms with van der Waals surface area (Å²) in [4.78, 5) is 16.6. The zero-order chi connectivity index (χ0) is 19.4. The molecule has 27 heavy (non-hydrogen) atoms. The molecule has 1 unspecified atom stereocenters. The van der Waals surface area contributed by atoms with Crippen LogP contribution in [-0.4, -0.2) is 50.6 Å². The number of rotatable bonds is 5. The van der Waals surface area contributed by atoms with Crippen LogP contribution in [0.2, 0.25) is 5.02 Å². The molecule has 0 bridgehead atoms. The third-order valence-corrected chi connectivity index (χ3v) is 5.09. The lowest BCUT2D eigenvalue weighted by atomic mass is 10.1. The van der Waals surface area contributed by atoms with Gasteiger partial charge >= 0.3 is 0 Å². The number of piperazine rings is 1. The molecule has 1 aliphatic rings. The minimum absolute atomic E-state index is 0.184. The normalized spacial score (nSPS) is 16.2. The fourth-order valence-electron chi connectivity index (χ4n) is 2.98. The van der Waals surface area contributed by atoms with Crippen LogP contribution in [0, 0.1) is 5.82 Å². The lowest BCUT2D eigenvalue weighted by Gasteiger charge is -2.35. The van der Waals surface area contributed by atoms with Crippen molar-refractivity contribution in [2.45, 2.75) is 6.54 Å². The molecule has 1 atom stereocenters. The van der Waals surface area contributed by atoms with Gasteiger partial charge < -0.3 is 14.2 Å². The largest absolute Gasteiger partial charge is 0.755 e. The smallest absolute Gasteiger partial charge is 0.255 e. The van der Waals surface area contributed by atoms with Gasteiger partial charge in [0, 0.05) is 49.7 Å². The van der Waals surface area contributed by atoms with E-state index in [-0.39, 0.29) is 16.7 Å². The molecular formula is C18H18ClFN3O3S-. The second-order valence-corrected chi connectivity index (χ2v) is 7.31. The van der Waals surface area contributed by atoms with Gasteiger partial charge in [-0.25, -0.2) is 4.39 Å². The van der Waals surface area contributed by atoms with Gasteiger partial charge in [-0.15, -0.1) is 0 Å². The first-order chi connectivity index (χ1) is 12.9. The van der Waals surface area contributed by atoms with Crippen molar-refractivity contribution in [1.82, 2.24) is 9.80 Å². The Morgan fingerprint density at radius 3 is 2.41 bits per heavy atom. The average Bonchev–Trinajstić information content (AvgIpc) is 2.63. The second-order valence-electron chi connectivity index (χ2n) is 6.23. The van der Waals surface area contributed by atoms with E-state index in [1.807, 2.05) is 0 Å². The van der Waals surface area contributed by atoms with E-state index < -0.39 is 11.3 Å². The number of amides is 1. The lowest BCUT2D eigenvalue weighted by molar-refractivity contribution is 0.0628. The molecule has 0 radical (unpaired) electrons. The molecule has 1 saturated heterocycles. The molecule has 2 aromatic carbocycles. The third-order valence-electron chi connectivity index (χ3n) is 4.38. The summed E-state index contributed by atoms with van der Waals surface area (Å²) in [6, 6.07) is 10.8. The molecule has 3 rings (SSSR count). The maximum atomic E-state index is 13.0. The molecule has 1 heterocycles. The Hall–Kier alpha value is -2.00. The summed E-state index contributed by atoms with van der Waals surface area (Å²) in [5.41, 5.74) is 1.66. The summed E-state index contributed by atoms with van der Waals surface area (Å²) in [7, 11) is 0.